The van der Waals surface area contributed by atoms with E-state index in [2.05, 4.69) is 31.9 Å². The standard InChI is InChI=1S/C20H20BrN3O2S/c1-3-26-16-10-8-15(9-11-16)23-19(25)17-12(2)22-20(27)24-18(17)13-4-6-14(21)7-5-13/h4-11,18H,3H2,1-2H3,(H,23,25)(H2,22,24,27)/t18-/m1/s1. The molecule has 1 aliphatic heterocycles. The van der Waals surface area contributed by atoms with Crippen molar-refractivity contribution in [3.8, 4) is 5.75 Å². The van der Waals surface area contributed by atoms with E-state index in [9.17, 15) is 4.79 Å². The smallest absolute Gasteiger partial charge is 0.255 e. The molecule has 1 amide bonds. The molecule has 0 saturated heterocycles. The summed E-state index contributed by atoms with van der Waals surface area (Å²) in [6, 6.07) is 14.8. The number of halogens is 1. The first-order valence-electron chi connectivity index (χ1n) is 8.56. The summed E-state index contributed by atoms with van der Waals surface area (Å²) in [5, 5.41) is 9.68. The Kier molecular flexibility index (Phi) is 6.13. The third-order valence-electron chi connectivity index (χ3n) is 4.14. The van der Waals surface area contributed by atoms with E-state index in [-0.39, 0.29) is 11.9 Å². The second kappa shape index (κ2) is 8.54. The van der Waals surface area contributed by atoms with E-state index in [4.69, 9.17) is 17.0 Å². The van der Waals surface area contributed by atoms with Crippen LogP contribution in [0.1, 0.15) is 25.5 Å². The average molecular weight is 446 g/mol. The zero-order valence-electron chi connectivity index (χ0n) is 15.0. The topological polar surface area (TPSA) is 62.4 Å². The number of ether oxygens (including phenoxy) is 1. The van der Waals surface area contributed by atoms with Crippen molar-refractivity contribution in [3.63, 3.8) is 0 Å². The molecule has 1 heterocycles. The van der Waals surface area contributed by atoms with Gasteiger partial charge in [-0.3, -0.25) is 4.79 Å². The van der Waals surface area contributed by atoms with Crippen molar-refractivity contribution < 1.29 is 9.53 Å². The normalized spacial score (nSPS) is 16.4. The first kappa shape index (κ1) is 19.4. The highest BCUT2D eigenvalue weighted by molar-refractivity contribution is 9.10. The fraction of sp³-hybridized carbons (Fsp3) is 0.200. The van der Waals surface area contributed by atoms with Crippen LogP contribution in [0.4, 0.5) is 5.69 Å². The molecule has 5 nitrogen and oxygen atoms in total. The van der Waals surface area contributed by atoms with E-state index >= 15 is 0 Å². The van der Waals surface area contributed by atoms with E-state index in [1.54, 1.807) is 0 Å². The number of hydrogen-bond acceptors (Lipinski definition) is 3. The summed E-state index contributed by atoms with van der Waals surface area (Å²) in [6.45, 7) is 4.39. The highest BCUT2D eigenvalue weighted by atomic mass is 79.9. The van der Waals surface area contributed by atoms with E-state index in [0.717, 1.165) is 21.5 Å². The van der Waals surface area contributed by atoms with Gasteiger partial charge in [-0.1, -0.05) is 28.1 Å². The summed E-state index contributed by atoms with van der Waals surface area (Å²) in [4.78, 5) is 13.0. The summed E-state index contributed by atoms with van der Waals surface area (Å²) in [7, 11) is 0. The molecule has 0 aliphatic carbocycles. The number of nitrogens with one attached hydrogen (secondary N) is 3. The Labute approximate surface area is 172 Å². The largest absolute Gasteiger partial charge is 0.494 e. The molecule has 0 bridgehead atoms. The van der Waals surface area contributed by atoms with Crippen molar-refractivity contribution in [2.24, 2.45) is 0 Å². The van der Waals surface area contributed by atoms with Crippen LogP contribution in [0, 0.1) is 0 Å². The molecule has 7 heteroatoms. The van der Waals surface area contributed by atoms with Crippen molar-refractivity contribution in [2.75, 3.05) is 11.9 Å². The molecule has 0 radical (unpaired) electrons. The van der Waals surface area contributed by atoms with E-state index in [0.29, 0.717) is 23.0 Å². The Hall–Kier alpha value is -2.38. The van der Waals surface area contributed by atoms with Gasteiger partial charge in [0.1, 0.15) is 5.75 Å². The number of allylic oxidation sites excluding steroid dienone is 1. The van der Waals surface area contributed by atoms with Gasteiger partial charge >= 0.3 is 0 Å². The number of rotatable bonds is 5. The lowest BCUT2D eigenvalue weighted by molar-refractivity contribution is -0.113. The third-order valence-corrected chi connectivity index (χ3v) is 4.89. The van der Waals surface area contributed by atoms with Gasteiger partial charge in [0, 0.05) is 15.9 Å². The zero-order chi connectivity index (χ0) is 19.4. The molecule has 3 N–H and O–H groups in total. The number of thiocarbonyl (C=S) groups is 1. The fourth-order valence-corrected chi connectivity index (χ4v) is 3.43. The van der Waals surface area contributed by atoms with Crippen LogP contribution in [-0.2, 0) is 4.79 Å². The average Bonchev–Trinajstić information content (AvgIpc) is 2.63. The number of hydrogen-bond donors (Lipinski definition) is 3. The maximum Gasteiger partial charge on any atom is 0.255 e. The monoisotopic (exact) mass is 445 g/mol. The van der Waals surface area contributed by atoms with Crippen molar-refractivity contribution >= 4 is 44.9 Å². The van der Waals surface area contributed by atoms with Gasteiger partial charge < -0.3 is 20.7 Å². The van der Waals surface area contributed by atoms with Crippen LogP contribution in [0.2, 0.25) is 0 Å². The molecule has 140 valence electrons. The maximum atomic E-state index is 13.0. The minimum atomic E-state index is -0.324. The Morgan fingerprint density at radius 3 is 2.48 bits per heavy atom. The Balaban J connectivity index is 1.86. The SMILES string of the molecule is CCOc1ccc(NC(=O)C2=C(C)NC(=S)N[C@@H]2c2ccc(Br)cc2)cc1. The second-order valence-electron chi connectivity index (χ2n) is 6.03. The highest BCUT2D eigenvalue weighted by Gasteiger charge is 2.29. The van der Waals surface area contributed by atoms with Crippen molar-refractivity contribution in [1.29, 1.82) is 0 Å². The Morgan fingerprint density at radius 2 is 1.85 bits per heavy atom. The molecular weight excluding hydrogens is 426 g/mol. The minimum absolute atomic E-state index is 0.188. The van der Waals surface area contributed by atoms with Gasteiger partial charge in [-0.2, -0.15) is 0 Å². The molecule has 0 unspecified atom stereocenters. The van der Waals surface area contributed by atoms with Gasteiger partial charge in [-0.15, -0.1) is 0 Å². The van der Waals surface area contributed by atoms with Gasteiger partial charge in [0.25, 0.3) is 5.91 Å². The van der Waals surface area contributed by atoms with Crippen LogP contribution in [0.25, 0.3) is 0 Å². The van der Waals surface area contributed by atoms with Gasteiger partial charge in [0.15, 0.2) is 5.11 Å². The van der Waals surface area contributed by atoms with Gasteiger partial charge in [-0.05, 0) is 68.0 Å². The van der Waals surface area contributed by atoms with E-state index in [1.165, 1.54) is 0 Å². The predicted molar refractivity (Wildman–Crippen MR) is 115 cm³/mol. The molecule has 0 saturated carbocycles. The second-order valence-corrected chi connectivity index (χ2v) is 7.36. The maximum absolute atomic E-state index is 13.0. The number of carbonyl (C=O) groups excluding carboxylic acids is 1. The quantitative estimate of drug-likeness (QED) is 0.599. The van der Waals surface area contributed by atoms with Gasteiger partial charge in [0.2, 0.25) is 0 Å². The summed E-state index contributed by atoms with van der Waals surface area (Å²) >= 11 is 8.72. The van der Waals surface area contributed by atoms with Gasteiger partial charge in [-0.25, -0.2) is 0 Å². The summed E-state index contributed by atoms with van der Waals surface area (Å²) in [6.07, 6.45) is 0. The lowest BCUT2D eigenvalue weighted by Gasteiger charge is -2.30. The Morgan fingerprint density at radius 1 is 1.19 bits per heavy atom. The van der Waals surface area contributed by atoms with Crippen molar-refractivity contribution in [1.82, 2.24) is 10.6 Å². The molecule has 2 aromatic carbocycles. The van der Waals surface area contributed by atoms with E-state index < -0.39 is 0 Å². The molecule has 27 heavy (non-hydrogen) atoms. The molecule has 0 aromatic heterocycles. The summed E-state index contributed by atoms with van der Waals surface area (Å²) in [5.74, 6) is 0.581. The van der Waals surface area contributed by atoms with Crippen LogP contribution in [0.5, 0.6) is 5.75 Å². The van der Waals surface area contributed by atoms with Crippen LogP contribution >= 0.6 is 28.1 Å². The number of amides is 1. The number of benzene rings is 2. The van der Waals surface area contributed by atoms with Crippen LogP contribution in [0.3, 0.4) is 0 Å². The molecular formula is C20H20BrN3O2S. The van der Waals surface area contributed by atoms with Crippen LogP contribution < -0.4 is 20.7 Å². The number of anilines is 1. The molecule has 3 rings (SSSR count). The minimum Gasteiger partial charge on any atom is -0.494 e. The van der Waals surface area contributed by atoms with Gasteiger partial charge in [0.05, 0.1) is 18.2 Å². The lowest BCUT2D eigenvalue weighted by atomic mass is 9.95. The van der Waals surface area contributed by atoms with Crippen molar-refractivity contribution in [3.05, 3.63) is 69.8 Å². The highest BCUT2D eigenvalue weighted by Crippen LogP contribution is 2.29. The number of carbonyl (C=O) groups is 1. The first-order valence-corrected chi connectivity index (χ1v) is 9.76. The molecule has 1 atom stereocenters. The lowest BCUT2D eigenvalue weighted by Crippen LogP contribution is -2.45. The summed E-state index contributed by atoms with van der Waals surface area (Å²) < 4.78 is 6.41. The third kappa shape index (κ3) is 4.67. The summed E-state index contributed by atoms with van der Waals surface area (Å²) in [5.41, 5.74) is 2.99. The molecule has 1 aliphatic rings. The first-order chi connectivity index (χ1) is 13.0. The molecule has 0 fully saturated rings. The Bertz CT molecular complexity index is 879. The zero-order valence-corrected chi connectivity index (χ0v) is 17.4. The molecule has 0 spiro atoms. The molecule has 2 aromatic rings. The van der Waals surface area contributed by atoms with Crippen LogP contribution in [-0.4, -0.2) is 17.6 Å². The fourth-order valence-electron chi connectivity index (χ4n) is 2.90. The predicted octanol–water partition coefficient (Wildman–Crippen LogP) is 4.28. The van der Waals surface area contributed by atoms with Crippen LogP contribution in [0.15, 0.2) is 64.3 Å². The van der Waals surface area contributed by atoms with Crippen molar-refractivity contribution in [2.45, 2.75) is 19.9 Å². The van der Waals surface area contributed by atoms with E-state index in [1.807, 2.05) is 62.4 Å².